The molecular formula is C5H4F3N3OS. The van der Waals surface area contributed by atoms with Crippen LogP contribution in [0.25, 0.3) is 0 Å². The van der Waals surface area contributed by atoms with Crippen LogP contribution < -0.4 is 5.32 Å². The van der Waals surface area contributed by atoms with E-state index in [2.05, 4.69) is 9.36 Å². The molecule has 1 N–H and O–H groups in total. The van der Waals surface area contributed by atoms with Crippen LogP contribution in [0.3, 0.4) is 0 Å². The molecule has 0 aromatic carbocycles. The highest BCUT2D eigenvalue weighted by atomic mass is 32.1. The van der Waals surface area contributed by atoms with Crippen molar-refractivity contribution in [2.75, 3.05) is 5.32 Å². The summed E-state index contributed by atoms with van der Waals surface area (Å²) in [7, 11) is 0. The Balaban J connectivity index is 2.65. The van der Waals surface area contributed by atoms with Crippen LogP contribution in [-0.2, 0) is 4.79 Å². The molecule has 0 saturated carbocycles. The van der Waals surface area contributed by atoms with Gasteiger partial charge in [-0.15, -0.1) is 0 Å². The summed E-state index contributed by atoms with van der Waals surface area (Å²) in [5, 5.41) is 1.43. The van der Waals surface area contributed by atoms with E-state index in [9.17, 15) is 18.0 Å². The maximum Gasteiger partial charge on any atom is 0.471 e. The lowest BCUT2D eigenvalue weighted by atomic mass is 10.6. The number of rotatable bonds is 1. The van der Waals surface area contributed by atoms with E-state index < -0.39 is 12.1 Å². The molecule has 1 aromatic rings. The molecule has 0 atom stereocenters. The number of halogens is 3. The third kappa shape index (κ3) is 2.65. The normalized spacial score (nSPS) is 11.4. The minimum atomic E-state index is -4.89. The molecule has 0 fully saturated rings. The zero-order chi connectivity index (χ0) is 10.1. The van der Waals surface area contributed by atoms with E-state index in [-0.39, 0.29) is 5.13 Å². The van der Waals surface area contributed by atoms with Crippen LogP contribution >= 0.6 is 11.5 Å². The maximum atomic E-state index is 11.7. The minimum absolute atomic E-state index is 0.153. The summed E-state index contributed by atoms with van der Waals surface area (Å²) in [6.07, 6.45) is -4.89. The monoisotopic (exact) mass is 211 g/mol. The smallest absolute Gasteiger partial charge is 0.293 e. The van der Waals surface area contributed by atoms with Crippen LogP contribution in [0.1, 0.15) is 5.82 Å². The van der Waals surface area contributed by atoms with Gasteiger partial charge in [-0.05, 0) is 6.92 Å². The predicted octanol–water partition coefficient (Wildman–Crippen LogP) is 1.35. The summed E-state index contributed by atoms with van der Waals surface area (Å²) in [4.78, 5) is 13.9. The van der Waals surface area contributed by atoms with Gasteiger partial charge < -0.3 is 0 Å². The third-order valence-corrected chi connectivity index (χ3v) is 1.73. The molecule has 0 radical (unpaired) electrons. The molecule has 4 nitrogen and oxygen atoms in total. The number of carbonyl (C=O) groups is 1. The van der Waals surface area contributed by atoms with Gasteiger partial charge in [0.05, 0.1) is 0 Å². The number of aromatic nitrogens is 2. The van der Waals surface area contributed by atoms with Gasteiger partial charge in [-0.2, -0.15) is 17.5 Å². The summed E-state index contributed by atoms with van der Waals surface area (Å²) in [6.45, 7) is 1.51. The van der Waals surface area contributed by atoms with E-state index in [1.165, 1.54) is 6.92 Å². The van der Waals surface area contributed by atoms with Crippen LogP contribution in [0.4, 0.5) is 18.3 Å². The molecule has 0 aliphatic rings. The van der Waals surface area contributed by atoms with E-state index in [0.29, 0.717) is 17.4 Å². The lowest BCUT2D eigenvalue weighted by Gasteiger charge is -2.03. The molecule has 0 aliphatic carbocycles. The molecule has 1 amide bonds. The largest absolute Gasteiger partial charge is 0.471 e. The molecule has 0 aliphatic heterocycles. The average molecular weight is 211 g/mol. The van der Waals surface area contributed by atoms with Gasteiger partial charge in [0, 0.05) is 11.5 Å². The molecule has 1 rings (SSSR count). The first-order valence-corrected chi connectivity index (χ1v) is 3.85. The number of anilines is 1. The fourth-order valence-electron chi connectivity index (χ4n) is 0.516. The number of nitrogens with one attached hydrogen (secondary N) is 1. The lowest BCUT2D eigenvalue weighted by molar-refractivity contribution is -0.167. The van der Waals surface area contributed by atoms with Gasteiger partial charge in [0.2, 0.25) is 5.13 Å². The Morgan fingerprint density at radius 2 is 2.15 bits per heavy atom. The first-order chi connectivity index (χ1) is 5.89. The number of carbonyl (C=O) groups excluding carboxylic acids is 1. The van der Waals surface area contributed by atoms with Gasteiger partial charge in [0.15, 0.2) is 0 Å². The Kier molecular flexibility index (Phi) is 2.50. The van der Waals surface area contributed by atoms with Gasteiger partial charge in [-0.25, -0.2) is 4.98 Å². The van der Waals surface area contributed by atoms with Gasteiger partial charge in [0.25, 0.3) is 0 Å². The van der Waals surface area contributed by atoms with Crippen molar-refractivity contribution >= 4 is 22.6 Å². The number of amides is 1. The number of hydrogen-bond acceptors (Lipinski definition) is 4. The number of aryl methyl sites for hydroxylation is 1. The zero-order valence-corrected chi connectivity index (χ0v) is 7.16. The maximum absolute atomic E-state index is 11.7. The molecule has 0 saturated heterocycles. The Morgan fingerprint density at radius 1 is 1.54 bits per heavy atom. The second kappa shape index (κ2) is 3.29. The van der Waals surface area contributed by atoms with Crippen molar-refractivity contribution in [3.8, 4) is 0 Å². The number of nitrogens with zero attached hydrogens (tertiary/aromatic N) is 2. The fraction of sp³-hybridized carbons (Fsp3) is 0.400. The standard InChI is InChI=1S/C5H4F3N3OS/c1-2-9-4(13-11-2)10-3(12)5(6,7)8/h1H3,(H,9,10,11,12). The Bertz CT molecular complexity index is 321. The highest BCUT2D eigenvalue weighted by Gasteiger charge is 2.39. The van der Waals surface area contributed by atoms with Crippen LogP contribution in [0.5, 0.6) is 0 Å². The SMILES string of the molecule is Cc1nsc(NC(=O)C(F)(F)F)n1. The van der Waals surface area contributed by atoms with Gasteiger partial charge in [-0.3, -0.25) is 10.1 Å². The molecule has 0 unspecified atom stereocenters. The summed E-state index contributed by atoms with van der Waals surface area (Å²) >= 11 is 0.701. The van der Waals surface area contributed by atoms with Crippen LogP contribution in [0.2, 0.25) is 0 Å². The fourth-order valence-corrected chi connectivity index (χ4v) is 1.09. The van der Waals surface area contributed by atoms with E-state index in [1.54, 1.807) is 5.32 Å². The highest BCUT2D eigenvalue weighted by Crippen LogP contribution is 2.18. The molecule has 13 heavy (non-hydrogen) atoms. The van der Waals surface area contributed by atoms with Crippen LogP contribution in [-0.4, -0.2) is 21.4 Å². The van der Waals surface area contributed by atoms with Crippen molar-refractivity contribution in [1.29, 1.82) is 0 Å². The molecule has 0 spiro atoms. The zero-order valence-electron chi connectivity index (χ0n) is 6.34. The highest BCUT2D eigenvalue weighted by molar-refractivity contribution is 7.09. The molecule has 72 valence electrons. The second-order valence-corrected chi connectivity index (χ2v) is 2.85. The number of alkyl halides is 3. The number of hydrogen-bond donors (Lipinski definition) is 1. The van der Waals surface area contributed by atoms with E-state index in [0.717, 1.165) is 0 Å². The van der Waals surface area contributed by atoms with Crippen LogP contribution in [0.15, 0.2) is 0 Å². The van der Waals surface area contributed by atoms with Gasteiger partial charge in [-0.1, -0.05) is 0 Å². The second-order valence-electron chi connectivity index (χ2n) is 2.10. The summed E-state index contributed by atoms with van der Waals surface area (Å²) in [5.41, 5.74) is 0. The van der Waals surface area contributed by atoms with Crippen molar-refractivity contribution in [1.82, 2.24) is 9.36 Å². The third-order valence-electron chi connectivity index (χ3n) is 1.01. The van der Waals surface area contributed by atoms with Crippen molar-refractivity contribution in [3.63, 3.8) is 0 Å². The molecule has 8 heteroatoms. The van der Waals surface area contributed by atoms with Gasteiger partial charge in [0.1, 0.15) is 5.82 Å². The molecular weight excluding hydrogens is 207 g/mol. The first kappa shape index (κ1) is 9.90. The van der Waals surface area contributed by atoms with E-state index in [1.807, 2.05) is 0 Å². The summed E-state index contributed by atoms with van der Waals surface area (Å²) in [6, 6.07) is 0. The average Bonchev–Trinajstić information content (AvgIpc) is 2.33. The van der Waals surface area contributed by atoms with Crippen LogP contribution in [0, 0.1) is 6.92 Å². The predicted molar refractivity (Wildman–Crippen MR) is 39.3 cm³/mol. The Morgan fingerprint density at radius 3 is 2.54 bits per heavy atom. The molecule has 1 aromatic heterocycles. The topological polar surface area (TPSA) is 54.9 Å². The minimum Gasteiger partial charge on any atom is -0.293 e. The lowest BCUT2D eigenvalue weighted by Crippen LogP contribution is -2.29. The van der Waals surface area contributed by atoms with Crippen molar-refractivity contribution in [3.05, 3.63) is 5.82 Å². The molecule has 0 bridgehead atoms. The van der Waals surface area contributed by atoms with Gasteiger partial charge >= 0.3 is 12.1 Å². The quantitative estimate of drug-likeness (QED) is 0.762. The van der Waals surface area contributed by atoms with E-state index >= 15 is 0 Å². The first-order valence-electron chi connectivity index (χ1n) is 3.08. The van der Waals surface area contributed by atoms with Crippen molar-refractivity contribution in [2.24, 2.45) is 0 Å². The van der Waals surface area contributed by atoms with Crippen molar-refractivity contribution < 1.29 is 18.0 Å². The summed E-state index contributed by atoms with van der Waals surface area (Å²) < 4.78 is 38.7. The Labute approximate surface area is 75.0 Å². The Hall–Kier alpha value is -1.18. The molecule has 1 heterocycles. The van der Waals surface area contributed by atoms with Crippen molar-refractivity contribution in [2.45, 2.75) is 13.1 Å². The summed E-state index contributed by atoms with van der Waals surface area (Å²) in [5.74, 6) is -1.72. The van der Waals surface area contributed by atoms with E-state index in [4.69, 9.17) is 0 Å².